The standard InChI is InChI=1S/C24H48O3/c1-2-3-4-5-6-7-8-9-10-11-12-13-14-15-16-17-20-26-22-24-19-18-23(21-25)27-24/h23-25H,2-22H2,1H3/t23-,24+/m1/s1. The van der Waals surface area contributed by atoms with E-state index in [0.29, 0.717) is 6.61 Å². The van der Waals surface area contributed by atoms with Crippen molar-refractivity contribution in [2.45, 2.75) is 135 Å². The van der Waals surface area contributed by atoms with Crippen molar-refractivity contribution in [2.75, 3.05) is 19.8 Å². The van der Waals surface area contributed by atoms with Crippen LogP contribution in [0.4, 0.5) is 0 Å². The molecule has 0 saturated carbocycles. The highest BCUT2D eigenvalue weighted by molar-refractivity contribution is 4.72. The quantitative estimate of drug-likeness (QED) is 0.234. The van der Waals surface area contributed by atoms with E-state index in [-0.39, 0.29) is 18.8 Å². The van der Waals surface area contributed by atoms with Crippen molar-refractivity contribution in [1.82, 2.24) is 0 Å². The summed E-state index contributed by atoms with van der Waals surface area (Å²) in [5.41, 5.74) is 0. The molecule has 0 unspecified atom stereocenters. The van der Waals surface area contributed by atoms with Gasteiger partial charge in [0, 0.05) is 6.61 Å². The predicted molar refractivity (Wildman–Crippen MR) is 115 cm³/mol. The van der Waals surface area contributed by atoms with Crippen LogP contribution in [0, 0.1) is 0 Å². The van der Waals surface area contributed by atoms with E-state index in [4.69, 9.17) is 14.6 Å². The van der Waals surface area contributed by atoms with Gasteiger partial charge in [-0.15, -0.1) is 0 Å². The van der Waals surface area contributed by atoms with Crippen LogP contribution in [0.2, 0.25) is 0 Å². The van der Waals surface area contributed by atoms with Crippen molar-refractivity contribution in [2.24, 2.45) is 0 Å². The Balaban J connectivity index is 1.67. The summed E-state index contributed by atoms with van der Waals surface area (Å²) >= 11 is 0. The highest BCUT2D eigenvalue weighted by Gasteiger charge is 2.24. The zero-order chi connectivity index (χ0) is 19.4. The maximum atomic E-state index is 9.05. The van der Waals surface area contributed by atoms with E-state index in [1.54, 1.807) is 0 Å². The summed E-state index contributed by atoms with van der Waals surface area (Å²) < 4.78 is 11.4. The van der Waals surface area contributed by atoms with E-state index >= 15 is 0 Å². The average molecular weight is 385 g/mol. The maximum Gasteiger partial charge on any atom is 0.0814 e. The Morgan fingerprint density at radius 1 is 0.667 bits per heavy atom. The molecule has 0 spiro atoms. The first-order valence-electron chi connectivity index (χ1n) is 12.2. The minimum atomic E-state index is 0.0501. The largest absolute Gasteiger partial charge is 0.394 e. The molecule has 162 valence electrons. The third-order valence-corrected chi connectivity index (χ3v) is 5.85. The van der Waals surface area contributed by atoms with Crippen LogP contribution in [-0.4, -0.2) is 37.1 Å². The second-order valence-corrected chi connectivity index (χ2v) is 8.52. The number of rotatable bonds is 20. The van der Waals surface area contributed by atoms with Crippen molar-refractivity contribution in [3.63, 3.8) is 0 Å². The molecule has 0 aliphatic carbocycles. The number of hydrogen-bond donors (Lipinski definition) is 1. The van der Waals surface area contributed by atoms with Crippen LogP contribution in [0.5, 0.6) is 0 Å². The molecular formula is C24H48O3. The molecule has 27 heavy (non-hydrogen) atoms. The molecule has 1 N–H and O–H groups in total. The van der Waals surface area contributed by atoms with Crippen LogP contribution in [0.1, 0.15) is 122 Å². The van der Waals surface area contributed by atoms with Crippen LogP contribution >= 0.6 is 0 Å². The second-order valence-electron chi connectivity index (χ2n) is 8.52. The SMILES string of the molecule is CCCCCCCCCCCCCCCCCCOC[C@@H]1CC[C@H](CO)O1. The van der Waals surface area contributed by atoms with Crippen LogP contribution in [-0.2, 0) is 9.47 Å². The van der Waals surface area contributed by atoms with Gasteiger partial charge in [-0.1, -0.05) is 103 Å². The molecule has 0 aromatic carbocycles. The van der Waals surface area contributed by atoms with Gasteiger partial charge in [0.25, 0.3) is 0 Å². The van der Waals surface area contributed by atoms with Gasteiger partial charge in [-0.2, -0.15) is 0 Å². The maximum absolute atomic E-state index is 9.05. The van der Waals surface area contributed by atoms with Crippen LogP contribution < -0.4 is 0 Å². The van der Waals surface area contributed by atoms with Gasteiger partial charge >= 0.3 is 0 Å². The number of aliphatic hydroxyl groups excluding tert-OH is 1. The zero-order valence-corrected chi connectivity index (χ0v) is 18.3. The fourth-order valence-electron chi connectivity index (χ4n) is 4.00. The smallest absolute Gasteiger partial charge is 0.0814 e. The van der Waals surface area contributed by atoms with Crippen molar-refractivity contribution in [3.05, 3.63) is 0 Å². The number of hydrogen-bond acceptors (Lipinski definition) is 3. The van der Waals surface area contributed by atoms with Gasteiger partial charge in [-0.25, -0.2) is 0 Å². The molecule has 1 aliphatic rings. The van der Waals surface area contributed by atoms with Crippen molar-refractivity contribution in [1.29, 1.82) is 0 Å². The summed E-state index contributed by atoms with van der Waals surface area (Å²) in [5.74, 6) is 0. The van der Waals surface area contributed by atoms with Gasteiger partial charge in [0.1, 0.15) is 0 Å². The van der Waals surface area contributed by atoms with Gasteiger partial charge in [0.15, 0.2) is 0 Å². The molecule has 3 heteroatoms. The Labute approximate surface area is 169 Å². The minimum Gasteiger partial charge on any atom is -0.394 e. The summed E-state index contributed by atoms with van der Waals surface area (Å²) in [6.45, 7) is 4.00. The third-order valence-electron chi connectivity index (χ3n) is 5.85. The van der Waals surface area contributed by atoms with Gasteiger partial charge in [-0.05, 0) is 19.3 Å². The van der Waals surface area contributed by atoms with E-state index in [0.717, 1.165) is 19.4 Å². The number of aliphatic hydroxyl groups is 1. The summed E-state index contributed by atoms with van der Waals surface area (Å²) in [5, 5.41) is 9.05. The highest BCUT2D eigenvalue weighted by atomic mass is 16.5. The lowest BCUT2D eigenvalue weighted by atomic mass is 10.0. The van der Waals surface area contributed by atoms with Crippen molar-refractivity contribution < 1.29 is 14.6 Å². The first-order chi connectivity index (χ1) is 13.4. The second kappa shape index (κ2) is 19.2. The molecule has 0 bridgehead atoms. The molecular weight excluding hydrogens is 336 g/mol. The van der Waals surface area contributed by atoms with Crippen LogP contribution in [0.15, 0.2) is 0 Å². The molecule has 0 aromatic rings. The Bertz CT molecular complexity index is 295. The zero-order valence-electron chi connectivity index (χ0n) is 18.3. The summed E-state index contributed by atoms with van der Waals surface area (Å²) in [7, 11) is 0. The molecule has 2 atom stereocenters. The highest BCUT2D eigenvalue weighted by Crippen LogP contribution is 2.19. The average Bonchev–Trinajstić information content (AvgIpc) is 3.15. The van der Waals surface area contributed by atoms with Crippen LogP contribution in [0.3, 0.4) is 0 Å². The Morgan fingerprint density at radius 2 is 1.11 bits per heavy atom. The molecule has 1 aliphatic heterocycles. The van der Waals surface area contributed by atoms with Gasteiger partial charge in [0.05, 0.1) is 25.4 Å². The fourth-order valence-corrected chi connectivity index (χ4v) is 4.00. The summed E-state index contributed by atoms with van der Waals surface area (Å²) in [4.78, 5) is 0. The van der Waals surface area contributed by atoms with E-state index < -0.39 is 0 Å². The monoisotopic (exact) mass is 384 g/mol. The number of unbranched alkanes of at least 4 members (excludes halogenated alkanes) is 15. The minimum absolute atomic E-state index is 0.0501. The van der Waals surface area contributed by atoms with E-state index in [1.165, 1.54) is 103 Å². The molecule has 0 radical (unpaired) electrons. The van der Waals surface area contributed by atoms with Gasteiger partial charge in [-0.3, -0.25) is 0 Å². The predicted octanol–water partition coefficient (Wildman–Crippen LogP) is 6.80. The Hall–Kier alpha value is -0.120. The Kier molecular flexibility index (Phi) is 17.7. The fraction of sp³-hybridized carbons (Fsp3) is 1.00. The molecule has 1 fully saturated rings. The van der Waals surface area contributed by atoms with Gasteiger partial charge < -0.3 is 14.6 Å². The summed E-state index contributed by atoms with van der Waals surface area (Å²) in [6, 6.07) is 0. The third kappa shape index (κ3) is 15.5. The first-order valence-corrected chi connectivity index (χ1v) is 12.2. The molecule has 3 nitrogen and oxygen atoms in total. The van der Waals surface area contributed by atoms with Crippen molar-refractivity contribution in [3.8, 4) is 0 Å². The lowest BCUT2D eigenvalue weighted by Crippen LogP contribution is -2.19. The molecule has 1 saturated heterocycles. The van der Waals surface area contributed by atoms with E-state index in [2.05, 4.69) is 6.92 Å². The Morgan fingerprint density at radius 3 is 1.56 bits per heavy atom. The topological polar surface area (TPSA) is 38.7 Å². The lowest BCUT2D eigenvalue weighted by Gasteiger charge is -2.12. The molecule has 0 aromatic heterocycles. The number of ether oxygens (including phenoxy) is 2. The first kappa shape index (κ1) is 24.9. The normalized spacial score (nSPS) is 19.8. The van der Waals surface area contributed by atoms with Crippen molar-refractivity contribution >= 4 is 0 Å². The lowest BCUT2D eigenvalue weighted by molar-refractivity contribution is -0.0318. The summed E-state index contributed by atoms with van der Waals surface area (Å²) in [6.07, 6.45) is 24.7. The van der Waals surface area contributed by atoms with Gasteiger partial charge in [0.2, 0.25) is 0 Å². The molecule has 1 rings (SSSR count). The van der Waals surface area contributed by atoms with Crippen LogP contribution in [0.25, 0.3) is 0 Å². The molecule has 1 heterocycles. The van der Waals surface area contributed by atoms with E-state index in [1.807, 2.05) is 0 Å². The van der Waals surface area contributed by atoms with E-state index in [9.17, 15) is 0 Å². The molecule has 0 amide bonds.